The second kappa shape index (κ2) is 6.30. The van der Waals surface area contributed by atoms with Gasteiger partial charge in [0.2, 0.25) is 0 Å². The Morgan fingerprint density at radius 2 is 1.88 bits per heavy atom. The van der Waals surface area contributed by atoms with E-state index in [4.69, 9.17) is 24.1 Å². The molecular weight excluding hydrogens is 360 g/mol. The van der Waals surface area contributed by atoms with E-state index in [2.05, 4.69) is 15.1 Å². The van der Waals surface area contributed by atoms with Crippen LogP contribution in [0.1, 0.15) is 25.1 Å². The Bertz CT molecular complexity index is 934. The van der Waals surface area contributed by atoms with Crippen LogP contribution in [0.4, 0.5) is 0 Å². The van der Waals surface area contributed by atoms with Crippen LogP contribution in [0.25, 0.3) is 22.9 Å². The van der Waals surface area contributed by atoms with E-state index in [1.807, 2.05) is 18.2 Å². The summed E-state index contributed by atoms with van der Waals surface area (Å²) in [4.78, 5) is 8.68. The highest BCUT2D eigenvalue weighted by Crippen LogP contribution is 2.40. The standard InChI is InChI=1S/C17H16N4O4.ClH/c18-17(4-1-5-17)16-20-15(25-21-16)13-14(24-9-19-13)10-2-3-11-12(8-10)23-7-6-22-11;/h2-3,8-9H,1,4-7,18H2;1H. The molecule has 1 fully saturated rings. The predicted octanol–water partition coefficient (Wildman–Crippen LogP) is 2.92. The fourth-order valence-corrected chi connectivity index (χ4v) is 3.09. The first kappa shape index (κ1) is 16.9. The van der Waals surface area contributed by atoms with Crippen LogP contribution in [-0.4, -0.2) is 28.3 Å². The summed E-state index contributed by atoms with van der Waals surface area (Å²) >= 11 is 0. The second-order valence-electron chi connectivity index (χ2n) is 6.32. The number of rotatable bonds is 3. The van der Waals surface area contributed by atoms with Crippen LogP contribution in [0.2, 0.25) is 0 Å². The zero-order valence-corrected chi connectivity index (χ0v) is 14.6. The Balaban J connectivity index is 0.00000168. The summed E-state index contributed by atoms with van der Waals surface area (Å²) in [6.45, 7) is 1.07. The Hall–Kier alpha value is -2.58. The zero-order valence-electron chi connectivity index (χ0n) is 13.8. The van der Waals surface area contributed by atoms with E-state index in [1.54, 1.807) is 0 Å². The van der Waals surface area contributed by atoms with Crippen LogP contribution in [0, 0.1) is 0 Å². The minimum atomic E-state index is -0.483. The van der Waals surface area contributed by atoms with Crippen molar-refractivity contribution in [3.05, 3.63) is 30.4 Å². The van der Waals surface area contributed by atoms with Crippen molar-refractivity contribution in [2.24, 2.45) is 5.73 Å². The number of hydrogen-bond acceptors (Lipinski definition) is 8. The summed E-state index contributed by atoms with van der Waals surface area (Å²) in [5, 5.41) is 4.03. The summed E-state index contributed by atoms with van der Waals surface area (Å²) in [5.41, 5.74) is 7.05. The molecule has 0 saturated heterocycles. The molecule has 0 bridgehead atoms. The molecule has 0 radical (unpaired) electrons. The van der Waals surface area contributed by atoms with E-state index >= 15 is 0 Å². The van der Waals surface area contributed by atoms with Gasteiger partial charge in [0.25, 0.3) is 5.89 Å². The van der Waals surface area contributed by atoms with Crippen LogP contribution < -0.4 is 15.2 Å². The lowest BCUT2D eigenvalue weighted by atomic mass is 9.77. The van der Waals surface area contributed by atoms with Gasteiger partial charge in [-0.3, -0.25) is 0 Å². The molecule has 0 spiro atoms. The molecular formula is C17H17ClN4O4. The number of benzene rings is 1. The van der Waals surface area contributed by atoms with Crippen molar-refractivity contribution in [2.75, 3.05) is 13.2 Å². The molecule has 1 aliphatic carbocycles. The Morgan fingerprint density at radius 3 is 2.65 bits per heavy atom. The van der Waals surface area contributed by atoms with Gasteiger partial charge < -0.3 is 24.1 Å². The van der Waals surface area contributed by atoms with Crippen molar-refractivity contribution < 1.29 is 18.4 Å². The van der Waals surface area contributed by atoms with Crippen LogP contribution in [0.5, 0.6) is 11.5 Å². The van der Waals surface area contributed by atoms with E-state index < -0.39 is 5.54 Å². The number of ether oxygens (including phenoxy) is 2. The summed E-state index contributed by atoms with van der Waals surface area (Å²) in [7, 11) is 0. The monoisotopic (exact) mass is 376 g/mol. The zero-order chi connectivity index (χ0) is 16.9. The number of nitrogens with zero attached hydrogens (tertiary/aromatic N) is 3. The molecule has 3 aromatic rings. The summed E-state index contributed by atoms with van der Waals surface area (Å²) < 4.78 is 22.1. The molecule has 26 heavy (non-hydrogen) atoms. The van der Waals surface area contributed by atoms with Gasteiger partial charge in [-0.15, -0.1) is 12.4 Å². The summed E-state index contributed by atoms with van der Waals surface area (Å²) in [6.07, 6.45) is 4.15. The van der Waals surface area contributed by atoms with Crippen molar-refractivity contribution >= 4 is 12.4 Å². The Morgan fingerprint density at radius 1 is 1.08 bits per heavy atom. The van der Waals surface area contributed by atoms with Gasteiger partial charge >= 0.3 is 0 Å². The largest absolute Gasteiger partial charge is 0.486 e. The van der Waals surface area contributed by atoms with Gasteiger partial charge in [-0.2, -0.15) is 4.98 Å². The van der Waals surface area contributed by atoms with Crippen molar-refractivity contribution in [3.8, 4) is 34.4 Å². The molecule has 5 rings (SSSR count). The molecule has 0 atom stereocenters. The normalized spacial score (nSPS) is 17.3. The van der Waals surface area contributed by atoms with Gasteiger partial charge in [0, 0.05) is 5.56 Å². The van der Waals surface area contributed by atoms with E-state index in [-0.39, 0.29) is 12.4 Å². The molecule has 2 aliphatic rings. The molecule has 3 heterocycles. The number of halogens is 1. The summed E-state index contributed by atoms with van der Waals surface area (Å²) in [6, 6.07) is 5.58. The van der Waals surface area contributed by atoms with E-state index in [0.717, 1.165) is 24.8 Å². The predicted molar refractivity (Wildman–Crippen MR) is 93.2 cm³/mol. The van der Waals surface area contributed by atoms with Gasteiger partial charge in [0.05, 0.1) is 5.54 Å². The summed E-state index contributed by atoms with van der Waals surface area (Å²) in [5.74, 6) is 2.74. The molecule has 0 unspecified atom stereocenters. The molecule has 8 nitrogen and oxygen atoms in total. The highest BCUT2D eigenvalue weighted by molar-refractivity contribution is 5.85. The fourth-order valence-electron chi connectivity index (χ4n) is 3.09. The molecule has 136 valence electrons. The lowest BCUT2D eigenvalue weighted by molar-refractivity contribution is 0.171. The molecule has 0 amide bonds. The first-order chi connectivity index (χ1) is 12.2. The Kier molecular flexibility index (Phi) is 4.08. The maximum atomic E-state index is 6.26. The van der Waals surface area contributed by atoms with Crippen LogP contribution in [0.3, 0.4) is 0 Å². The quantitative estimate of drug-likeness (QED) is 0.743. The second-order valence-corrected chi connectivity index (χ2v) is 6.32. The van der Waals surface area contributed by atoms with E-state index in [1.165, 1.54) is 6.39 Å². The SMILES string of the molecule is Cl.NC1(c2noc(-c3ncoc3-c3ccc4c(c3)OCCO4)n2)CCC1. The van der Waals surface area contributed by atoms with Crippen LogP contribution in [-0.2, 0) is 5.54 Å². The molecule has 1 aliphatic heterocycles. The third-order valence-corrected chi connectivity index (χ3v) is 4.69. The van der Waals surface area contributed by atoms with Gasteiger partial charge in [-0.1, -0.05) is 5.16 Å². The average Bonchev–Trinajstić information content (AvgIpc) is 3.28. The van der Waals surface area contributed by atoms with Gasteiger partial charge in [-0.05, 0) is 37.5 Å². The first-order valence-electron chi connectivity index (χ1n) is 8.20. The third-order valence-electron chi connectivity index (χ3n) is 4.69. The number of hydrogen-bond donors (Lipinski definition) is 1. The lowest BCUT2D eigenvalue weighted by Gasteiger charge is -2.34. The molecule has 1 aromatic carbocycles. The number of fused-ring (bicyclic) bond motifs is 1. The van der Waals surface area contributed by atoms with Crippen molar-refractivity contribution in [1.82, 2.24) is 15.1 Å². The van der Waals surface area contributed by atoms with E-state index in [0.29, 0.717) is 47.9 Å². The van der Waals surface area contributed by atoms with Gasteiger partial charge in [0.1, 0.15) is 13.2 Å². The van der Waals surface area contributed by atoms with E-state index in [9.17, 15) is 0 Å². The first-order valence-corrected chi connectivity index (χ1v) is 8.20. The minimum absolute atomic E-state index is 0. The Labute approximate surface area is 155 Å². The highest BCUT2D eigenvalue weighted by atomic mass is 35.5. The van der Waals surface area contributed by atoms with Gasteiger partial charge in [-0.25, -0.2) is 4.98 Å². The highest BCUT2D eigenvalue weighted by Gasteiger charge is 2.39. The van der Waals surface area contributed by atoms with Crippen LogP contribution in [0.15, 0.2) is 33.5 Å². The van der Waals surface area contributed by atoms with Crippen molar-refractivity contribution in [3.63, 3.8) is 0 Å². The molecule has 1 saturated carbocycles. The average molecular weight is 377 g/mol. The van der Waals surface area contributed by atoms with Crippen molar-refractivity contribution in [1.29, 1.82) is 0 Å². The molecule has 9 heteroatoms. The molecule has 2 aromatic heterocycles. The van der Waals surface area contributed by atoms with Crippen molar-refractivity contribution in [2.45, 2.75) is 24.8 Å². The smallest absolute Gasteiger partial charge is 0.280 e. The lowest BCUT2D eigenvalue weighted by Crippen LogP contribution is -2.44. The third kappa shape index (κ3) is 2.62. The number of oxazole rings is 1. The topological polar surface area (TPSA) is 109 Å². The van der Waals surface area contributed by atoms with Crippen LogP contribution >= 0.6 is 12.4 Å². The number of aromatic nitrogens is 3. The fraction of sp³-hybridized carbons (Fsp3) is 0.353. The maximum absolute atomic E-state index is 6.26. The molecule has 2 N–H and O–H groups in total. The number of nitrogens with two attached hydrogens (primary N) is 1. The van der Waals surface area contributed by atoms with Gasteiger partial charge in [0.15, 0.2) is 35.2 Å². The maximum Gasteiger partial charge on any atom is 0.280 e. The minimum Gasteiger partial charge on any atom is -0.486 e.